The Morgan fingerprint density at radius 3 is 2.44 bits per heavy atom. The second kappa shape index (κ2) is 5.12. The van der Waals surface area contributed by atoms with E-state index in [-0.39, 0.29) is 5.78 Å². The number of carbonyl (C=O) groups is 2. The van der Waals surface area contributed by atoms with E-state index in [1.165, 1.54) is 7.11 Å². The fourth-order valence-corrected chi connectivity index (χ4v) is 1.52. The van der Waals surface area contributed by atoms with Crippen LogP contribution in [0.5, 0.6) is 0 Å². The number of ketones is 1. The fraction of sp³-hybridized carbons (Fsp3) is 0.333. The van der Waals surface area contributed by atoms with Crippen molar-refractivity contribution >= 4 is 23.4 Å². The van der Waals surface area contributed by atoms with Crippen molar-refractivity contribution in [2.75, 3.05) is 7.11 Å². The van der Waals surface area contributed by atoms with E-state index >= 15 is 0 Å². The number of ether oxygens (including phenoxy) is 1. The third kappa shape index (κ3) is 2.61. The van der Waals surface area contributed by atoms with Crippen molar-refractivity contribution in [1.29, 1.82) is 0 Å². The molecule has 1 unspecified atom stereocenters. The van der Waals surface area contributed by atoms with Crippen molar-refractivity contribution in [2.45, 2.75) is 19.2 Å². The Labute approximate surface area is 99.4 Å². The molecule has 1 aromatic rings. The maximum Gasteiger partial charge on any atom is 0.337 e. The summed E-state index contributed by atoms with van der Waals surface area (Å²) in [5, 5.41) is -0.567. The van der Waals surface area contributed by atoms with E-state index in [1.54, 1.807) is 32.0 Å². The lowest BCUT2D eigenvalue weighted by Crippen LogP contribution is -2.13. The minimum Gasteiger partial charge on any atom is -0.465 e. The van der Waals surface area contributed by atoms with E-state index in [0.717, 1.165) is 5.56 Å². The maximum atomic E-state index is 11.7. The van der Waals surface area contributed by atoms with E-state index in [0.29, 0.717) is 11.1 Å². The van der Waals surface area contributed by atoms with Crippen LogP contribution in [0.4, 0.5) is 0 Å². The number of aryl methyl sites for hydroxylation is 1. The van der Waals surface area contributed by atoms with Crippen LogP contribution in [0.15, 0.2) is 18.2 Å². The third-order valence-corrected chi connectivity index (χ3v) is 2.47. The smallest absolute Gasteiger partial charge is 0.337 e. The van der Waals surface area contributed by atoms with Crippen LogP contribution in [0.2, 0.25) is 0 Å². The molecule has 0 radical (unpaired) electrons. The van der Waals surface area contributed by atoms with Crippen LogP contribution in [0.1, 0.15) is 33.2 Å². The monoisotopic (exact) mass is 240 g/mol. The molecule has 0 spiro atoms. The van der Waals surface area contributed by atoms with Gasteiger partial charge < -0.3 is 4.74 Å². The van der Waals surface area contributed by atoms with Gasteiger partial charge in [0.25, 0.3) is 0 Å². The molecule has 0 saturated carbocycles. The molecule has 0 amide bonds. The molecule has 0 aromatic heterocycles. The fourth-order valence-electron chi connectivity index (χ4n) is 1.40. The normalized spacial score (nSPS) is 12.0. The van der Waals surface area contributed by atoms with Crippen LogP contribution >= 0.6 is 11.6 Å². The van der Waals surface area contributed by atoms with Gasteiger partial charge in [-0.25, -0.2) is 4.79 Å². The summed E-state index contributed by atoms with van der Waals surface area (Å²) < 4.78 is 4.59. The average Bonchev–Trinajstić information content (AvgIpc) is 2.26. The highest BCUT2D eigenvalue weighted by molar-refractivity contribution is 6.33. The van der Waals surface area contributed by atoms with Gasteiger partial charge in [-0.15, -0.1) is 11.6 Å². The lowest BCUT2D eigenvalue weighted by Gasteiger charge is -2.07. The zero-order chi connectivity index (χ0) is 12.3. The number of methoxy groups -OCH3 is 1. The first kappa shape index (κ1) is 12.7. The first-order valence-electron chi connectivity index (χ1n) is 4.84. The maximum absolute atomic E-state index is 11.7. The molecule has 0 aliphatic rings. The molecule has 0 saturated heterocycles. The van der Waals surface area contributed by atoms with Gasteiger partial charge in [0.2, 0.25) is 0 Å². The van der Waals surface area contributed by atoms with Crippen molar-refractivity contribution in [3.8, 4) is 0 Å². The first-order valence-corrected chi connectivity index (χ1v) is 5.28. The topological polar surface area (TPSA) is 43.4 Å². The summed E-state index contributed by atoms with van der Waals surface area (Å²) in [5.74, 6) is -0.559. The second-order valence-corrected chi connectivity index (χ2v) is 4.16. The Bertz CT molecular complexity index is 424. The van der Waals surface area contributed by atoms with Crippen LogP contribution in [0.25, 0.3) is 0 Å². The number of esters is 1. The largest absolute Gasteiger partial charge is 0.465 e. The van der Waals surface area contributed by atoms with Crippen molar-refractivity contribution < 1.29 is 14.3 Å². The predicted octanol–water partition coefficient (Wildman–Crippen LogP) is 2.59. The highest BCUT2D eigenvalue weighted by Gasteiger charge is 2.16. The Kier molecular flexibility index (Phi) is 4.07. The summed E-state index contributed by atoms with van der Waals surface area (Å²) in [7, 11) is 1.32. The molecular weight excluding hydrogens is 228 g/mol. The van der Waals surface area contributed by atoms with Gasteiger partial charge in [-0.05, 0) is 31.5 Å². The first-order chi connectivity index (χ1) is 7.47. The SMILES string of the molecule is COC(=O)c1ccc(C(=O)C(C)Cl)c(C)c1. The van der Waals surface area contributed by atoms with E-state index in [9.17, 15) is 9.59 Å². The lowest BCUT2D eigenvalue weighted by atomic mass is 10.0. The van der Waals surface area contributed by atoms with Gasteiger partial charge in [0.05, 0.1) is 18.1 Å². The third-order valence-electron chi connectivity index (χ3n) is 2.27. The molecule has 0 fully saturated rings. The molecule has 4 heteroatoms. The van der Waals surface area contributed by atoms with E-state index < -0.39 is 11.3 Å². The number of alkyl halides is 1. The van der Waals surface area contributed by atoms with Gasteiger partial charge in [0.15, 0.2) is 5.78 Å². The van der Waals surface area contributed by atoms with E-state index in [2.05, 4.69) is 4.74 Å². The molecular formula is C12H13ClO3. The van der Waals surface area contributed by atoms with Gasteiger partial charge in [0.1, 0.15) is 0 Å². The number of benzene rings is 1. The van der Waals surface area contributed by atoms with Gasteiger partial charge in [-0.1, -0.05) is 6.07 Å². The summed E-state index contributed by atoms with van der Waals surface area (Å²) in [6, 6.07) is 4.78. The van der Waals surface area contributed by atoms with Gasteiger partial charge >= 0.3 is 5.97 Å². The Morgan fingerprint density at radius 1 is 1.38 bits per heavy atom. The molecule has 0 heterocycles. The predicted molar refractivity (Wildman–Crippen MR) is 62.2 cm³/mol. The van der Waals surface area contributed by atoms with E-state index in [1.807, 2.05) is 0 Å². The number of rotatable bonds is 3. The summed E-state index contributed by atoms with van der Waals surface area (Å²) in [6.07, 6.45) is 0. The Hall–Kier alpha value is -1.35. The molecule has 0 aliphatic carbocycles. The quantitative estimate of drug-likeness (QED) is 0.463. The zero-order valence-corrected chi connectivity index (χ0v) is 10.2. The highest BCUT2D eigenvalue weighted by atomic mass is 35.5. The summed E-state index contributed by atoms with van der Waals surface area (Å²) >= 11 is 5.72. The lowest BCUT2D eigenvalue weighted by molar-refractivity contribution is 0.0600. The molecule has 86 valence electrons. The standard InChI is InChI=1S/C12H13ClO3/c1-7-6-9(12(15)16-3)4-5-10(7)11(14)8(2)13/h4-6,8H,1-3H3. The molecule has 1 aromatic carbocycles. The Balaban J connectivity index is 3.10. The molecule has 16 heavy (non-hydrogen) atoms. The van der Waals surface area contributed by atoms with Crippen LogP contribution < -0.4 is 0 Å². The van der Waals surface area contributed by atoms with E-state index in [4.69, 9.17) is 11.6 Å². The summed E-state index contributed by atoms with van der Waals surface area (Å²) in [4.78, 5) is 22.9. The summed E-state index contributed by atoms with van der Waals surface area (Å²) in [5.41, 5.74) is 1.69. The number of hydrogen-bond acceptors (Lipinski definition) is 3. The number of halogens is 1. The van der Waals surface area contributed by atoms with Gasteiger partial charge in [-0.2, -0.15) is 0 Å². The zero-order valence-electron chi connectivity index (χ0n) is 9.41. The molecule has 1 rings (SSSR count). The van der Waals surface area contributed by atoms with Crippen molar-refractivity contribution in [2.24, 2.45) is 0 Å². The number of hydrogen-bond donors (Lipinski definition) is 0. The molecule has 1 atom stereocenters. The van der Waals surface area contributed by atoms with Gasteiger partial charge in [0, 0.05) is 5.56 Å². The van der Waals surface area contributed by atoms with Gasteiger partial charge in [-0.3, -0.25) is 4.79 Å². The molecule has 0 aliphatic heterocycles. The number of carbonyl (C=O) groups excluding carboxylic acids is 2. The second-order valence-electron chi connectivity index (χ2n) is 3.50. The minimum atomic E-state index is -0.567. The van der Waals surface area contributed by atoms with Crippen LogP contribution in [0, 0.1) is 6.92 Å². The molecule has 0 bridgehead atoms. The van der Waals surface area contributed by atoms with Crippen molar-refractivity contribution in [1.82, 2.24) is 0 Å². The average molecular weight is 241 g/mol. The number of Topliss-reactive ketones (excluding diaryl/α,β-unsaturated/α-hetero) is 1. The van der Waals surface area contributed by atoms with Crippen molar-refractivity contribution in [3.05, 3.63) is 34.9 Å². The van der Waals surface area contributed by atoms with Crippen LogP contribution in [-0.4, -0.2) is 24.2 Å². The molecule has 3 nitrogen and oxygen atoms in total. The summed E-state index contributed by atoms with van der Waals surface area (Å²) in [6.45, 7) is 3.39. The van der Waals surface area contributed by atoms with Crippen LogP contribution in [-0.2, 0) is 4.74 Å². The van der Waals surface area contributed by atoms with Crippen LogP contribution in [0.3, 0.4) is 0 Å². The van der Waals surface area contributed by atoms with Crippen molar-refractivity contribution in [3.63, 3.8) is 0 Å². The highest BCUT2D eigenvalue weighted by Crippen LogP contribution is 2.15. The Morgan fingerprint density at radius 2 is 2.00 bits per heavy atom. The molecule has 0 N–H and O–H groups in total. The minimum absolute atomic E-state index is 0.143.